The van der Waals surface area contributed by atoms with E-state index in [4.69, 9.17) is 4.74 Å². The second-order valence-corrected chi connectivity index (χ2v) is 7.75. The lowest BCUT2D eigenvalue weighted by Gasteiger charge is -2.16. The van der Waals surface area contributed by atoms with Crippen molar-refractivity contribution >= 4 is 16.7 Å². The summed E-state index contributed by atoms with van der Waals surface area (Å²) in [5.74, 6) is -0.940. The Bertz CT molecular complexity index is 1040. The van der Waals surface area contributed by atoms with E-state index in [1.165, 1.54) is 10.2 Å². The van der Waals surface area contributed by atoms with E-state index < -0.39 is 12.1 Å². The van der Waals surface area contributed by atoms with E-state index in [1.54, 1.807) is 6.20 Å². The number of aliphatic carboxylic acids is 1. The first-order chi connectivity index (χ1) is 14.4. The molecule has 158 valence electrons. The molecule has 0 aliphatic rings. The highest BCUT2D eigenvalue weighted by molar-refractivity contribution is 5.80. The third kappa shape index (κ3) is 5.76. The summed E-state index contributed by atoms with van der Waals surface area (Å²) >= 11 is 0. The van der Waals surface area contributed by atoms with Crippen LogP contribution < -0.4 is 5.56 Å². The molecule has 0 aliphatic carbocycles. The normalized spacial score (nSPS) is 12.4. The Labute approximate surface area is 176 Å². The summed E-state index contributed by atoms with van der Waals surface area (Å²) in [5.41, 5.74) is 2.09. The number of carboxylic acids is 1. The fourth-order valence-electron chi connectivity index (χ4n) is 3.46. The van der Waals surface area contributed by atoms with E-state index in [-0.39, 0.29) is 11.7 Å². The smallest absolute Gasteiger partial charge is 0.333 e. The molecule has 0 saturated carbocycles. The van der Waals surface area contributed by atoms with Gasteiger partial charge in [-0.25, -0.2) is 9.48 Å². The molecule has 2 aromatic carbocycles. The van der Waals surface area contributed by atoms with Crippen LogP contribution in [0.15, 0.2) is 59.5 Å². The molecule has 0 amide bonds. The quantitative estimate of drug-likeness (QED) is 0.516. The summed E-state index contributed by atoms with van der Waals surface area (Å²) in [6.45, 7) is 4.26. The summed E-state index contributed by atoms with van der Waals surface area (Å²) in [7, 11) is 0. The standard InChI is InChI=1S/C24H28N2O4/c1-17(2)30-22(24(28)29)15-19-12-10-18(11-13-19)7-5-6-14-26-23(27)21-9-4-3-8-20(21)16-25-26/h3-4,8-13,16-17,22H,5-7,14-15H2,1-2H3,(H,28,29). The van der Waals surface area contributed by atoms with Gasteiger partial charge in [-0.2, -0.15) is 5.10 Å². The van der Waals surface area contributed by atoms with Crippen molar-refractivity contribution in [2.75, 3.05) is 0 Å². The van der Waals surface area contributed by atoms with Crippen molar-refractivity contribution in [1.29, 1.82) is 0 Å². The van der Waals surface area contributed by atoms with Crippen LogP contribution in [0.2, 0.25) is 0 Å². The highest BCUT2D eigenvalue weighted by Crippen LogP contribution is 2.13. The van der Waals surface area contributed by atoms with Crippen LogP contribution in [0, 0.1) is 0 Å². The van der Waals surface area contributed by atoms with Gasteiger partial charge in [0, 0.05) is 18.4 Å². The van der Waals surface area contributed by atoms with Gasteiger partial charge in [0.05, 0.1) is 17.7 Å². The first kappa shape index (κ1) is 21.7. The SMILES string of the molecule is CC(C)OC(Cc1ccc(CCCCn2ncc3ccccc3c2=O)cc1)C(=O)O. The topological polar surface area (TPSA) is 81.4 Å². The molecular formula is C24H28N2O4. The molecule has 0 radical (unpaired) electrons. The Balaban J connectivity index is 1.50. The van der Waals surface area contributed by atoms with E-state index in [0.717, 1.165) is 30.2 Å². The van der Waals surface area contributed by atoms with Crippen LogP contribution in [0.25, 0.3) is 10.8 Å². The average Bonchev–Trinajstić information content (AvgIpc) is 2.73. The van der Waals surface area contributed by atoms with Crippen molar-refractivity contribution < 1.29 is 14.6 Å². The first-order valence-electron chi connectivity index (χ1n) is 10.3. The zero-order valence-electron chi connectivity index (χ0n) is 17.5. The third-order valence-electron chi connectivity index (χ3n) is 5.00. The number of hydrogen-bond donors (Lipinski definition) is 1. The number of carbonyl (C=O) groups is 1. The lowest BCUT2D eigenvalue weighted by molar-refractivity contribution is -0.153. The van der Waals surface area contributed by atoms with Crippen LogP contribution in [0.5, 0.6) is 0 Å². The van der Waals surface area contributed by atoms with Gasteiger partial charge in [0.2, 0.25) is 0 Å². The van der Waals surface area contributed by atoms with Crippen molar-refractivity contribution in [3.05, 3.63) is 76.2 Å². The molecule has 6 nitrogen and oxygen atoms in total. The van der Waals surface area contributed by atoms with Crippen molar-refractivity contribution in [2.45, 2.75) is 58.3 Å². The van der Waals surface area contributed by atoms with Gasteiger partial charge in [0.15, 0.2) is 6.10 Å². The Morgan fingerprint density at radius 1 is 1.07 bits per heavy atom. The van der Waals surface area contributed by atoms with Crippen molar-refractivity contribution in [1.82, 2.24) is 9.78 Å². The molecule has 30 heavy (non-hydrogen) atoms. The van der Waals surface area contributed by atoms with Crippen LogP contribution in [-0.2, 0) is 28.9 Å². The first-order valence-corrected chi connectivity index (χ1v) is 10.3. The molecule has 3 rings (SSSR count). The van der Waals surface area contributed by atoms with Crippen LogP contribution in [-0.4, -0.2) is 33.1 Å². The summed E-state index contributed by atoms with van der Waals surface area (Å²) < 4.78 is 7.00. The summed E-state index contributed by atoms with van der Waals surface area (Å²) in [4.78, 5) is 23.8. The minimum Gasteiger partial charge on any atom is -0.479 e. The molecule has 0 saturated heterocycles. The molecule has 0 aliphatic heterocycles. The number of carboxylic acid groups (broad SMARTS) is 1. The third-order valence-corrected chi connectivity index (χ3v) is 5.00. The van der Waals surface area contributed by atoms with Crippen molar-refractivity contribution in [2.24, 2.45) is 0 Å². The van der Waals surface area contributed by atoms with E-state index in [2.05, 4.69) is 5.10 Å². The number of ether oxygens (including phenoxy) is 1. The van der Waals surface area contributed by atoms with E-state index in [9.17, 15) is 14.7 Å². The lowest BCUT2D eigenvalue weighted by atomic mass is 10.0. The Morgan fingerprint density at radius 2 is 1.77 bits per heavy atom. The minimum absolute atomic E-state index is 0.0472. The fourth-order valence-corrected chi connectivity index (χ4v) is 3.46. The number of aryl methyl sites for hydroxylation is 2. The molecular weight excluding hydrogens is 380 g/mol. The van der Waals surface area contributed by atoms with Crippen LogP contribution in [0.4, 0.5) is 0 Å². The molecule has 1 unspecified atom stereocenters. The molecule has 0 bridgehead atoms. The minimum atomic E-state index is -0.940. The summed E-state index contributed by atoms with van der Waals surface area (Å²) in [5, 5.41) is 15.1. The number of fused-ring (bicyclic) bond motifs is 1. The van der Waals surface area contributed by atoms with Gasteiger partial charge < -0.3 is 9.84 Å². The van der Waals surface area contributed by atoms with Gasteiger partial charge in [-0.05, 0) is 50.3 Å². The van der Waals surface area contributed by atoms with E-state index in [0.29, 0.717) is 18.4 Å². The van der Waals surface area contributed by atoms with E-state index in [1.807, 2.05) is 62.4 Å². The van der Waals surface area contributed by atoms with Gasteiger partial charge in [0.25, 0.3) is 5.56 Å². The number of nitrogens with zero attached hydrogens (tertiary/aromatic N) is 2. The highest BCUT2D eigenvalue weighted by Gasteiger charge is 2.19. The summed E-state index contributed by atoms with van der Waals surface area (Å²) in [6, 6.07) is 15.5. The zero-order chi connectivity index (χ0) is 21.5. The predicted molar refractivity (Wildman–Crippen MR) is 117 cm³/mol. The predicted octanol–water partition coefficient (Wildman–Crippen LogP) is 3.84. The molecule has 1 atom stereocenters. The zero-order valence-corrected chi connectivity index (χ0v) is 17.5. The highest BCUT2D eigenvalue weighted by atomic mass is 16.5. The Morgan fingerprint density at radius 3 is 2.47 bits per heavy atom. The lowest BCUT2D eigenvalue weighted by Crippen LogP contribution is -2.29. The average molecular weight is 408 g/mol. The molecule has 6 heteroatoms. The molecule has 1 heterocycles. The Kier molecular flexibility index (Phi) is 7.36. The maximum absolute atomic E-state index is 12.5. The molecule has 1 N–H and O–H groups in total. The fraction of sp³-hybridized carbons (Fsp3) is 0.375. The van der Waals surface area contributed by atoms with Crippen LogP contribution >= 0.6 is 0 Å². The van der Waals surface area contributed by atoms with Gasteiger partial charge in [0.1, 0.15) is 0 Å². The summed E-state index contributed by atoms with van der Waals surface area (Å²) in [6.07, 6.45) is 3.82. The molecule has 1 aromatic heterocycles. The van der Waals surface area contributed by atoms with Crippen LogP contribution in [0.3, 0.4) is 0 Å². The second kappa shape index (κ2) is 10.2. The van der Waals surface area contributed by atoms with Crippen molar-refractivity contribution in [3.63, 3.8) is 0 Å². The maximum Gasteiger partial charge on any atom is 0.333 e. The van der Waals surface area contributed by atoms with Crippen molar-refractivity contribution in [3.8, 4) is 0 Å². The number of benzene rings is 2. The van der Waals surface area contributed by atoms with E-state index >= 15 is 0 Å². The van der Waals surface area contributed by atoms with Gasteiger partial charge in [-0.1, -0.05) is 42.5 Å². The second-order valence-electron chi connectivity index (χ2n) is 7.75. The monoisotopic (exact) mass is 408 g/mol. The Hall–Kier alpha value is -2.99. The molecule has 0 spiro atoms. The van der Waals surface area contributed by atoms with Gasteiger partial charge >= 0.3 is 5.97 Å². The van der Waals surface area contributed by atoms with Gasteiger partial charge in [-0.3, -0.25) is 4.79 Å². The van der Waals surface area contributed by atoms with Crippen LogP contribution in [0.1, 0.15) is 37.8 Å². The molecule has 3 aromatic rings. The largest absolute Gasteiger partial charge is 0.479 e. The van der Waals surface area contributed by atoms with Gasteiger partial charge in [-0.15, -0.1) is 0 Å². The molecule has 0 fully saturated rings. The number of rotatable bonds is 10. The number of hydrogen-bond acceptors (Lipinski definition) is 4. The number of unbranched alkanes of at least 4 members (excludes halogenated alkanes) is 1. The maximum atomic E-state index is 12.5. The number of aromatic nitrogens is 2.